The van der Waals surface area contributed by atoms with E-state index in [1.165, 1.54) is 44.6 Å². The number of nitrogens with zero attached hydrogens (tertiary/aromatic N) is 1. The summed E-state index contributed by atoms with van der Waals surface area (Å²) in [6.45, 7) is 4.21. The molecule has 0 radical (unpaired) electrons. The van der Waals surface area contributed by atoms with E-state index in [9.17, 15) is 9.50 Å². The van der Waals surface area contributed by atoms with Crippen molar-refractivity contribution in [1.82, 2.24) is 4.90 Å². The van der Waals surface area contributed by atoms with Crippen molar-refractivity contribution in [3.05, 3.63) is 29.6 Å². The fourth-order valence-corrected chi connectivity index (χ4v) is 3.89. The van der Waals surface area contributed by atoms with E-state index in [0.717, 1.165) is 6.54 Å². The van der Waals surface area contributed by atoms with Gasteiger partial charge in [-0.15, -0.1) is 0 Å². The zero-order chi connectivity index (χ0) is 17.7. The van der Waals surface area contributed by atoms with Crippen LogP contribution in [0, 0.1) is 12.7 Å². The van der Waals surface area contributed by atoms with Gasteiger partial charge in [0.1, 0.15) is 23.8 Å². The predicted octanol–water partition coefficient (Wildman–Crippen LogP) is 3.30. The maximum Gasteiger partial charge on any atom is 0.134 e. The molecule has 0 aromatic heterocycles. The molecule has 1 aliphatic heterocycles. The number of aryl methyl sites for hydroxylation is 1. The van der Waals surface area contributed by atoms with Gasteiger partial charge < -0.3 is 14.6 Å². The van der Waals surface area contributed by atoms with Gasteiger partial charge in [-0.1, -0.05) is 25.7 Å². The Labute approximate surface area is 149 Å². The fourth-order valence-electron chi connectivity index (χ4n) is 3.89. The van der Waals surface area contributed by atoms with Gasteiger partial charge >= 0.3 is 0 Å². The van der Waals surface area contributed by atoms with Gasteiger partial charge in [-0.3, -0.25) is 4.90 Å². The average molecular weight is 351 g/mol. The summed E-state index contributed by atoms with van der Waals surface area (Å²) in [7, 11) is 0. The molecule has 2 fully saturated rings. The lowest BCUT2D eigenvalue weighted by Crippen LogP contribution is -2.51. The SMILES string of the molecule is Cc1cc(OC[C@@]2(O)COCCN(C3CCCCCC3)C2)ccc1F. The van der Waals surface area contributed by atoms with Crippen LogP contribution in [0.4, 0.5) is 4.39 Å². The Morgan fingerprint density at radius 1 is 1.28 bits per heavy atom. The Balaban J connectivity index is 1.62. The average Bonchev–Trinajstić information content (AvgIpc) is 2.97. The normalized spacial score (nSPS) is 26.8. The summed E-state index contributed by atoms with van der Waals surface area (Å²) in [6.07, 6.45) is 7.58. The quantitative estimate of drug-likeness (QED) is 0.845. The Bertz CT molecular complexity index is 560. The second kappa shape index (κ2) is 8.47. The van der Waals surface area contributed by atoms with Crippen molar-refractivity contribution in [2.45, 2.75) is 57.1 Å². The van der Waals surface area contributed by atoms with E-state index in [1.54, 1.807) is 19.1 Å². The molecule has 3 rings (SSSR count). The smallest absolute Gasteiger partial charge is 0.134 e. The van der Waals surface area contributed by atoms with E-state index in [-0.39, 0.29) is 19.0 Å². The van der Waals surface area contributed by atoms with Gasteiger partial charge in [0.15, 0.2) is 0 Å². The molecule has 1 saturated heterocycles. The van der Waals surface area contributed by atoms with Crippen LogP contribution in [0.25, 0.3) is 0 Å². The molecule has 140 valence electrons. The largest absolute Gasteiger partial charge is 0.490 e. The molecule has 25 heavy (non-hydrogen) atoms. The maximum absolute atomic E-state index is 13.4. The fraction of sp³-hybridized carbons (Fsp3) is 0.700. The van der Waals surface area contributed by atoms with Crippen molar-refractivity contribution >= 4 is 0 Å². The molecule has 1 aliphatic carbocycles. The van der Waals surface area contributed by atoms with Crippen molar-refractivity contribution in [3.63, 3.8) is 0 Å². The molecule has 1 atom stereocenters. The highest BCUT2D eigenvalue weighted by atomic mass is 19.1. The second-order valence-corrected chi connectivity index (χ2v) is 7.59. The first kappa shape index (κ1) is 18.6. The van der Waals surface area contributed by atoms with Gasteiger partial charge in [0.05, 0.1) is 13.2 Å². The molecule has 1 saturated carbocycles. The Morgan fingerprint density at radius 2 is 2.04 bits per heavy atom. The summed E-state index contributed by atoms with van der Waals surface area (Å²) in [5.41, 5.74) is -0.493. The maximum atomic E-state index is 13.4. The van der Waals surface area contributed by atoms with Gasteiger partial charge in [-0.25, -0.2) is 4.39 Å². The van der Waals surface area contributed by atoms with Gasteiger partial charge in [-0.05, 0) is 43.5 Å². The molecule has 4 nitrogen and oxygen atoms in total. The first-order valence-electron chi connectivity index (χ1n) is 9.49. The number of β-amino-alcohol motifs (C(OH)–C–C–N with tert-alkyl or cyclic N) is 1. The van der Waals surface area contributed by atoms with Gasteiger partial charge in [0.2, 0.25) is 0 Å². The third kappa shape index (κ3) is 5.16. The summed E-state index contributed by atoms with van der Waals surface area (Å²) < 4.78 is 24.8. The molecule has 0 amide bonds. The van der Waals surface area contributed by atoms with E-state index < -0.39 is 5.60 Å². The molecule has 1 aromatic rings. The molecule has 1 N–H and O–H groups in total. The molecule has 2 aliphatic rings. The molecule has 0 unspecified atom stereocenters. The van der Waals surface area contributed by atoms with Crippen LogP contribution in [0.1, 0.15) is 44.1 Å². The first-order chi connectivity index (χ1) is 12.1. The number of hydrogen-bond donors (Lipinski definition) is 1. The van der Waals surface area contributed by atoms with Gasteiger partial charge in [0.25, 0.3) is 0 Å². The van der Waals surface area contributed by atoms with E-state index in [0.29, 0.717) is 30.5 Å². The molecule has 0 spiro atoms. The highest BCUT2D eigenvalue weighted by Crippen LogP contribution is 2.25. The molecule has 1 heterocycles. The minimum atomic E-state index is -1.04. The lowest BCUT2D eigenvalue weighted by atomic mass is 10.0. The van der Waals surface area contributed by atoms with E-state index in [1.807, 2.05) is 0 Å². The van der Waals surface area contributed by atoms with Crippen LogP contribution >= 0.6 is 0 Å². The van der Waals surface area contributed by atoms with Crippen molar-refractivity contribution in [2.24, 2.45) is 0 Å². The van der Waals surface area contributed by atoms with Crippen LogP contribution in [-0.4, -0.2) is 54.6 Å². The third-order valence-electron chi connectivity index (χ3n) is 5.37. The molecular weight excluding hydrogens is 321 g/mol. The summed E-state index contributed by atoms with van der Waals surface area (Å²) in [5, 5.41) is 11.0. The van der Waals surface area contributed by atoms with E-state index in [2.05, 4.69) is 4.90 Å². The highest BCUT2D eigenvalue weighted by molar-refractivity contribution is 5.28. The number of halogens is 1. The summed E-state index contributed by atoms with van der Waals surface area (Å²) in [5.74, 6) is 0.334. The molecule has 5 heteroatoms. The number of aliphatic hydroxyl groups is 1. The second-order valence-electron chi connectivity index (χ2n) is 7.59. The zero-order valence-corrected chi connectivity index (χ0v) is 15.2. The van der Waals surface area contributed by atoms with Crippen LogP contribution in [-0.2, 0) is 4.74 Å². The number of ether oxygens (including phenoxy) is 2. The number of rotatable bonds is 4. The molecule has 1 aromatic carbocycles. The van der Waals surface area contributed by atoms with Crippen LogP contribution in [0.3, 0.4) is 0 Å². The van der Waals surface area contributed by atoms with Gasteiger partial charge in [0, 0.05) is 19.1 Å². The monoisotopic (exact) mass is 351 g/mol. The first-order valence-corrected chi connectivity index (χ1v) is 9.49. The van der Waals surface area contributed by atoms with E-state index in [4.69, 9.17) is 9.47 Å². The van der Waals surface area contributed by atoms with Gasteiger partial charge in [-0.2, -0.15) is 0 Å². The van der Waals surface area contributed by atoms with Crippen LogP contribution < -0.4 is 4.74 Å². The lowest BCUT2D eigenvalue weighted by Gasteiger charge is -2.35. The lowest BCUT2D eigenvalue weighted by molar-refractivity contribution is -0.0675. The standard InChI is InChI=1S/C20H30FNO3/c1-16-12-18(8-9-19(16)21)25-15-20(23)13-22(10-11-24-14-20)17-6-4-2-3-5-7-17/h8-9,12,17,23H,2-7,10-11,13-15H2,1H3/t20-/m0/s1. The zero-order valence-electron chi connectivity index (χ0n) is 15.2. The van der Waals surface area contributed by atoms with Crippen LogP contribution in [0.2, 0.25) is 0 Å². The minimum Gasteiger partial charge on any atom is -0.490 e. The predicted molar refractivity (Wildman–Crippen MR) is 95.5 cm³/mol. The Hall–Kier alpha value is -1.17. The number of hydrogen-bond acceptors (Lipinski definition) is 4. The van der Waals surface area contributed by atoms with Crippen LogP contribution in [0.5, 0.6) is 5.75 Å². The van der Waals surface area contributed by atoms with E-state index >= 15 is 0 Å². The van der Waals surface area contributed by atoms with Crippen LogP contribution in [0.15, 0.2) is 18.2 Å². The van der Waals surface area contributed by atoms with Crippen molar-refractivity contribution in [2.75, 3.05) is 32.9 Å². The summed E-state index contributed by atoms with van der Waals surface area (Å²) in [4.78, 5) is 2.39. The minimum absolute atomic E-state index is 0.154. The molecular formula is C20H30FNO3. The van der Waals surface area contributed by atoms with Crippen molar-refractivity contribution in [1.29, 1.82) is 0 Å². The Kier molecular flexibility index (Phi) is 6.31. The topological polar surface area (TPSA) is 41.9 Å². The summed E-state index contributed by atoms with van der Waals surface area (Å²) in [6, 6.07) is 5.20. The van der Waals surface area contributed by atoms with Crippen molar-refractivity contribution < 1.29 is 19.0 Å². The molecule has 0 bridgehead atoms. The highest BCUT2D eigenvalue weighted by Gasteiger charge is 2.36. The third-order valence-corrected chi connectivity index (χ3v) is 5.37. The Morgan fingerprint density at radius 3 is 2.76 bits per heavy atom. The number of benzene rings is 1. The van der Waals surface area contributed by atoms with Crippen molar-refractivity contribution in [3.8, 4) is 5.75 Å². The summed E-state index contributed by atoms with van der Waals surface area (Å²) >= 11 is 0.